The van der Waals surface area contributed by atoms with E-state index in [1.165, 1.54) is 6.07 Å². The fraction of sp³-hybridized carbons (Fsp3) is 0.231. The fourth-order valence-electron chi connectivity index (χ4n) is 1.24. The monoisotopic (exact) mass is 283 g/mol. The highest BCUT2D eigenvalue weighted by atomic mass is 35.5. The summed E-state index contributed by atoms with van der Waals surface area (Å²) in [7, 11) is 0. The third-order valence-corrected chi connectivity index (χ3v) is 2.09. The number of rotatable bonds is 5. The van der Waals surface area contributed by atoms with Gasteiger partial charge in [0, 0.05) is 10.7 Å². The van der Waals surface area contributed by atoms with Gasteiger partial charge >= 0.3 is 12.1 Å². The largest absolute Gasteiger partial charge is 0.456 e. The van der Waals surface area contributed by atoms with Crippen LogP contribution in [0, 0.1) is 0 Å². The van der Waals surface area contributed by atoms with Crippen molar-refractivity contribution >= 4 is 29.4 Å². The zero-order valence-electron chi connectivity index (χ0n) is 10.4. The maximum atomic E-state index is 11.6. The second-order valence-electron chi connectivity index (χ2n) is 3.52. The topological polar surface area (TPSA) is 64.6 Å². The molecule has 6 heteroatoms. The highest BCUT2D eigenvalue weighted by Crippen LogP contribution is 2.12. The van der Waals surface area contributed by atoms with E-state index < -0.39 is 12.1 Å². The quantitative estimate of drug-likeness (QED) is 0.843. The van der Waals surface area contributed by atoms with Gasteiger partial charge in [0.2, 0.25) is 0 Å². The molecule has 1 aromatic carbocycles. The number of hydrogen-bond donors (Lipinski definition) is 1. The van der Waals surface area contributed by atoms with Crippen LogP contribution in [-0.4, -0.2) is 25.3 Å². The van der Waals surface area contributed by atoms with Crippen molar-refractivity contribution in [1.29, 1.82) is 0 Å². The molecule has 0 aliphatic carbocycles. The van der Waals surface area contributed by atoms with E-state index in [0.717, 1.165) is 0 Å². The van der Waals surface area contributed by atoms with Crippen molar-refractivity contribution in [2.24, 2.45) is 0 Å². The first-order valence-corrected chi connectivity index (χ1v) is 5.95. The number of hydrogen-bond acceptors (Lipinski definition) is 4. The number of nitrogens with one attached hydrogen (secondary N) is 1. The molecule has 0 spiro atoms. The van der Waals surface area contributed by atoms with Gasteiger partial charge in [-0.15, -0.1) is 0 Å². The van der Waals surface area contributed by atoms with Gasteiger partial charge in [-0.1, -0.05) is 24.2 Å². The van der Waals surface area contributed by atoms with Gasteiger partial charge in [0.1, 0.15) is 6.61 Å². The van der Waals surface area contributed by atoms with Crippen molar-refractivity contribution in [3.63, 3.8) is 0 Å². The summed E-state index contributed by atoms with van der Waals surface area (Å²) in [6, 6.07) is 6.30. The zero-order valence-corrected chi connectivity index (χ0v) is 11.2. The van der Waals surface area contributed by atoms with E-state index in [-0.39, 0.29) is 18.2 Å². The molecule has 0 atom stereocenters. The Morgan fingerprint density at radius 1 is 1.37 bits per heavy atom. The highest BCUT2D eigenvalue weighted by molar-refractivity contribution is 6.29. The predicted molar refractivity (Wildman–Crippen MR) is 72.4 cm³/mol. The number of anilines is 1. The first-order chi connectivity index (χ1) is 9.02. The van der Waals surface area contributed by atoms with Gasteiger partial charge in [-0.05, 0) is 25.1 Å². The molecule has 1 N–H and O–H groups in total. The minimum atomic E-state index is -0.581. The number of carbonyl (C=O) groups is 2. The molecular weight excluding hydrogens is 270 g/mol. The van der Waals surface area contributed by atoms with Gasteiger partial charge in [0.15, 0.2) is 0 Å². The molecule has 0 aromatic heterocycles. The van der Waals surface area contributed by atoms with Crippen LogP contribution in [0.5, 0.6) is 0 Å². The van der Waals surface area contributed by atoms with Crippen LogP contribution in [0.1, 0.15) is 17.3 Å². The molecule has 0 saturated carbocycles. The summed E-state index contributed by atoms with van der Waals surface area (Å²) in [6.07, 6.45) is -0.581. The lowest BCUT2D eigenvalue weighted by molar-refractivity contribution is 0.0546. The molecule has 0 heterocycles. The Hall–Kier alpha value is -2.01. The molecule has 0 aliphatic rings. The molecular formula is C13H14ClNO4. The Morgan fingerprint density at radius 2 is 2.11 bits per heavy atom. The lowest BCUT2D eigenvalue weighted by atomic mass is 10.2. The second kappa shape index (κ2) is 7.43. The van der Waals surface area contributed by atoms with Gasteiger partial charge in [-0.3, -0.25) is 5.32 Å². The average Bonchev–Trinajstić information content (AvgIpc) is 2.36. The minimum absolute atomic E-state index is 0.0596. The van der Waals surface area contributed by atoms with E-state index in [9.17, 15) is 9.59 Å². The van der Waals surface area contributed by atoms with Crippen LogP contribution in [0.15, 0.2) is 35.9 Å². The summed E-state index contributed by atoms with van der Waals surface area (Å²) in [5.74, 6) is -0.547. The van der Waals surface area contributed by atoms with Crippen LogP contribution >= 0.6 is 11.6 Å². The van der Waals surface area contributed by atoms with E-state index in [2.05, 4.69) is 11.9 Å². The SMILES string of the molecule is C=C(Cl)COC(=O)c1cccc(NC(=O)OCC)c1. The molecule has 0 bridgehead atoms. The van der Waals surface area contributed by atoms with E-state index in [4.69, 9.17) is 21.1 Å². The third kappa shape index (κ3) is 5.44. The lowest BCUT2D eigenvalue weighted by Crippen LogP contribution is -2.14. The fourth-order valence-corrected chi connectivity index (χ4v) is 1.29. The van der Waals surface area contributed by atoms with E-state index in [1.54, 1.807) is 25.1 Å². The van der Waals surface area contributed by atoms with Crippen molar-refractivity contribution in [3.8, 4) is 0 Å². The summed E-state index contributed by atoms with van der Waals surface area (Å²) >= 11 is 5.50. The van der Waals surface area contributed by atoms with E-state index in [0.29, 0.717) is 11.3 Å². The third-order valence-electron chi connectivity index (χ3n) is 1.98. The van der Waals surface area contributed by atoms with Crippen molar-refractivity contribution in [2.75, 3.05) is 18.5 Å². The van der Waals surface area contributed by atoms with E-state index >= 15 is 0 Å². The summed E-state index contributed by atoms with van der Waals surface area (Å²) in [4.78, 5) is 22.9. The number of carbonyl (C=O) groups excluding carboxylic acids is 2. The maximum Gasteiger partial charge on any atom is 0.411 e. The van der Waals surface area contributed by atoms with Crippen LogP contribution < -0.4 is 5.32 Å². The molecule has 1 rings (SSSR count). The number of ether oxygens (including phenoxy) is 2. The molecule has 1 amide bonds. The first-order valence-electron chi connectivity index (χ1n) is 5.57. The zero-order chi connectivity index (χ0) is 14.3. The predicted octanol–water partition coefficient (Wildman–Crippen LogP) is 3.16. The van der Waals surface area contributed by atoms with Crippen molar-refractivity contribution in [2.45, 2.75) is 6.92 Å². The summed E-state index contributed by atoms with van der Waals surface area (Å²) in [6.45, 7) is 5.32. The number of halogens is 1. The normalized spacial score (nSPS) is 9.58. The molecule has 0 radical (unpaired) electrons. The summed E-state index contributed by atoms with van der Waals surface area (Å²) < 4.78 is 9.61. The number of amides is 1. The average molecular weight is 284 g/mol. The van der Waals surface area contributed by atoms with Gasteiger partial charge in [-0.2, -0.15) is 0 Å². The van der Waals surface area contributed by atoms with Crippen LogP contribution in [0.2, 0.25) is 0 Å². The van der Waals surface area contributed by atoms with Crippen LogP contribution in [0.3, 0.4) is 0 Å². The molecule has 102 valence electrons. The molecule has 19 heavy (non-hydrogen) atoms. The van der Waals surface area contributed by atoms with Crippen molar-refractivity contribution in [1.82, 2.24) is 0 Å². The van der Waals surface area contributed by atoms with Crippen molar-refractivity contribution in [3.05, 3.63) is 41.4 Å². The standard InChI is InChI=1S/C13H14ClNO4/c1-3-18-13(17)15-11-6-4-5-10(7-11)12(16)19-8-9(2)14/h4-7H,2-3,8H2,1H3,(H,15,17). The van der Waals surface area contributed by atoms with Gasteiger partial charge in [0.25, 0.3) is 0 Å². The molecule has 1 aromatic rings. The molecule has 5 nitrogen and oxygen atoms in total. The maximum absolute atomic E-state index is 11.6. The second-order valence-corrected chi connectivity index (χ2v) is 4.05. The molecule has 0 unspecified atom stereocenters. The first kappa shape index (κ1) is 15.0. The molecule has 0 aliphatic heterocycles. The van der Waals surface area contributed by atoms with Crippen LogP contribution in [0.25, 0.3) is 0 Å². The number of benzene rings is 1. The number of esters is 1. The van der Waals surface area contributed by atoms with Gasteiger partial charge in [-0.25, -0.2) is 9.59 Å². The molecule has 0 saturated heterocycles. The Morgan fingerprint density at radius 3 is 2.74 bits per heavy atom. The Bertz CT molecular complexity index is 487. The van der Waals surface area contributed by atoms with Crippen LogP contribution in [0.4, 0.5) is 10.5 Å². The Balaban J connectivity index is 2.68. The smallest absolute Gasteiger partial charge is 0.411 e. The van der Waals surface area contributed by atoms with E-state index in [1.807, 2.05) is 0 Å². The van der Waals surface area contributed by atoms with Crippen LogP contribution in [-0.2, 0) is 9.47 Å². The van der Waals surface area contributed by atoms with Gasteiger partial charge < -0.3 is 9.47 Å². The highest BCUT2D eigenvalue weighted by Gasteiger charge is 2.09. The summed E-state index contributed by atoms with van der Waals surface area (Å²) in [5.41, 5.74) is 0.741. The van der Waals surface area contributed by atoms with Gasteiger partial charge in [0.05, 0.1) is 12.2 Å². The minimum Gasteiger partial charge on any atom is -0.456 e. The van der Waals surface area contributed by atoms with Crippen molar-refractivity contribution < 1.29 is 19.1 Å². The molecule has 0 fully saturated rings. The lowest BCUT2D eigenvalue weighted by Gasteiger charge is -2.07. The Labute approximate surface area is 116 Å². The summed E-state index contributed by atoms with van der Waals surface area (Å²) in [5, 5.41) is 2.72. The Kier molecular flexibility index (Phi) is 5.89.